The van der Waals surface area contributed by atoms with Gasteiger partial charge in [0.1, 0.15) is 11.5 Å². The van der Waals surface area contributed by atoms with Crippen molar-refractivity contribution in [3.63, 3.8) is 0 Å². The van der Waals surface area contributed by atoms with Crippen LogP contribution in [0, 0.1) is 0 Å². The lowest BCUT2D eigenvalue weighted by Crippen LogP contribution is -2.45. The van der Waals surface area contributed by atoms with Gasteiger partial charge in [-0.3, -0.25) is 4.90 Å². The third-order valence-corrected chi connectivity index (χ3v) is 5.01. The molecule has 1 fully saturated rings. The Hall–Kier alpha value is -1.56. The number of methoxy groups -OCH3 is 2. The SMILES string of the molecule is COc1ccccc1C1CNCCN1Cc1sccc1OC. The Bertz CT molecular complexity index is 614. The van der Waals surface area contributed by atoms with Crippen LogP contribution in [0.15, 0.2) is 35.7 Å². The molecule has 0 bridgehead atoms. The summed E-state index contributed by atoms with van der Waals surface area (Å²) in [4.78, 5) is 3.78. The van der Waals surface area contributed by atoms with Crippen LogP contribution in [0.2, 0.25) is 0 Å². The Morgan fingerprint density at radius 1 is 1.18 bits per heavy atom. The molecule has 0 amide bonds. The molecule has 2 aromatic rings. The first kappa shape index (κ1) is 15.3. The summed E-state index contributed by atoms with van der Waals surface area (Å²) in [5.41, 5.74) is 1.24. The molecule has 0 spiro atoms. The maximum Gasteiger partial charge on any atom is 0.134 e. The van der Waals surface area contributed by atoms with Crippen LogP contribution in [-0.4, -0.2) is 38.8 Å². The quantitative estimate of drug-likeness (QED) is 0.919. The maximum atomic E-state index is 5.55. The van der Waals surface area contributed by atoms with E-state index in [1.54, 1.807) is 25.6 Å². The zero-order valence-electron chi connectivity index (χ0n) is 13.0. The highest BCUT2D eigenvalue weighted by atomic mass is 32.1. The molecule has 22 heavy (non-hydrogen) atoms. The monoisotopic (exact) mass is 318 g/mol. The second kappa shape index (κ2) is 7.13. The van der Waals surface area contributed by atoms with Gasteiger partial charge < -0.3 is 14.8 Å². The van der Waals surface area contributed by atoms with E-state index in [1.807, 2.05) is 18.2 Å². The van der Waals surface area contributed by atoms with Crippen molar-refractivity contribution in [2.45, 2.75) is 12.6 Å². The average Bonchev–Trinajstić information content (AvgIpc) is 3.02. The van der Waals surface area contributed by atoms with Gasteiger partial charge in [0.05, 0.1) is 25.1 Å². The van der Waals surface area contributed by atoms with Crippen LogP contribution >= 0.6 is 11.3 Å². The number of hydrogen-bond acceptors (Lipinski definition) is 5. The Morgan fingerprint density at radius 3 is 2.82 bits per heavy atom. The van der Waals surface area contributed by atoms with E-state index >= 15 is 0 Å². The predicted octanol–water partition coefficient (Wildman–Crippen LogP) is 2.91. The van der Waals surface area contributed by atoms with Gasteiger partial charge in [0, 0.05) is 31.7 Å². The van der Waals surface area contributed by atoms with Crippen molar-refractivity contribution in [2.75, 3.05) is 33.9 Å². The fraction of sp³-hybridized carbons (Fsp3) is 0.412. The van der Waals surface area contributed by atoms with Crippen molar-refractivity contribution in [3.8, 4) is 11.5 Å². The fourth-order valence-electron chi connectivity index (χ4n) is 2.99. The van der Waals surface area contributed by atoms with Crippen LogP contribution < -0.4 is 14.8 Å². The Balaban J connectivity index is 1.85. The summed E-state index contributed by atoms with van der Waals surface area (Å²) in [6.45, 7) is 3.88. The van der Waals surface area contributed by atoms with E-state index in [0.29, 0.717) is 6.04 Å². The summed E-state index contributed by atoms with van der Waals surface area (Å²) in [5, 5.41) is 5.59. The van der Waals surface area contributed by atoms with Crippen molar-refractivity contribution in [3.05, 3.63) is 46.2 Å². The summed E-state index contributed by atoms with van der Waals surface area (Å²) in [7, 11) is 3.47. The Labute approximate surface area is 135 Å². The third kappa shape index (κ3) is 3.11. The first-order valence-corrected chi connectivity index (χ1v) is 8.39. The van der Waals surface area contributed by atoms with Crippen molar-refractivity contribution in [2.24, 2.45) is 0 Å². The fourth-order valence-corrected chi connectivity index (χ4v) is 3.86. The second-order valence-electron chi connectivity index (χ2n) is 5.34. The molecule has 1 saturated heterocycles. The van der Waals surface area contributed by atoms with E-state index < -0.39 is 0 Å². The highest BCUT2D eigenvalue weighted by Gasteiger charge is 2.27. The number of ether oxygens (including phenoxy) is 2. The minimum atomic E-state index is 0.316. The maximum absolute atomic E-state index is 5.55. The van der Waals surface area contributed by atoms with Gasteiger partial charge in [-0.25, -0.2) is 0 Å². The molecule has 118 valence electrons. The lowest BCUT2D eigenvalue weighted by Gasteiger charge is -2.36. The molecular weight excluding hydrogens is 296 g/mol. The number of thiophene rings is 1. The highest BCUT2D eigenvalue weighted by molar-refractivity contribution is 7.10. The Morgan fingerprint density at radius 2 is 2.00 bits per heavy atom. The summed E-state index contributed by atoms with van der Waals surface area (Å²) in [6.07, 6.45) is 0. The van der Waals surface area contributed by atoms with E-state index in [9.17, 15) is 0 Å². The topological polar surface area (TPSA) is 33.7 Å². The average molecular weight is 318 g/mol. The van der Waals surface area contributed by atoms with Gasteiger partial charge in [0.15, 0.2) is 0 Å². The summed E-state index contributed by atoms with van der Waals surface area (Å²) in [5.74, 6) is 1.95. The highest BCUT2D eigenvalue weighted by Crippen LogP contribution is 2.33. The molecule has 0 radical (unpaired) electrons. The Kier molecular flexibility index (Phi) is 4.97. The number of nitrogens with zero attached hydrogens (tertiary/aromatic N) is 1. The van der Waals surface area contributed by atoms with Crippen LogP contribution in [0.5, 0.6) is 11.5 Å². The largest absolute Gasteiger partial charge is 0.496 e. The molecule has 3 rings (SSSR count). The molecule has 1 aliphatic heterocycles. The zero-order chi connectivity index (χ0) is 15.4. The predicted molar refractivity (Wildman–Crippen MR) is 89.9 cm³/mol. The van der Waals surface area contributed by atoms with Gasteiger partial charge in [0.2, 0.25) is 0 Å². The van der Waals surface area contributed by atoms with Gasteiger partial charge in [0.25, 0.3) is 0 Å². The molecule has 1 aromatic heterocycles. The molecule has 0 saturated carbocycles. The summed E-state index contributed by atoms with van der Waals surface area (Å²) >= 11 is 1.76. The number of nitrogens with one attached hydrogen (secondary N) is 1. The van der Waals surface area contributed by atoms with Crippen molar-refractivity contribution < 1.29 is 9.47 Å². The molecular formula is C17H22N2O2S. The van der Waals surface area contributed by atoms with Crippen molar-refractivity contribution in [1.29, 1.82) is 0 Å². The first-order chi connectivity index (χ1) is 10.8. The molecule has 1 unspecified atom stereocenters. The van der Waals surface area contributed by atoms with Crippen molar-refractivity contribution in [1.82, 2.24) is 10.2 Å². The number of para-hydroxylation sites is 1. The lowest BCUT2D eigenvalue weighted by atomic mass is 10.0. The van der Waals surface area contributed by atoms with Crippen LogP contribution in [0.25, 0.3) is 0 Å². The standard InChI is InChI=1S/C17H22N2O2S/c1-20-15-6-4-3-5-13(15)14-11-18-8-9-19(14)12-17-16(21-2)7-10-22-17/h3-7,10,14,18H,8-9,11-12H2,1-2H3. The number of hydrogen-bond donors (Lipinski definition) is 1. The van der Waals surface area contributed by atoms with Gasteiger partial charge >= 0.3 is 0 Å². The van der Waals surface area contributed by atoms with Gasteiger partial charge in [-0.2, -0.15) is 0 Å². The molecule has 2 heterocycles. The molecule has 1 atom stereocenters. The minimum absolute atomic E-state index is 0.316. The molecule has 1 aliphatic rings. The van der Waals surface area contributed by atoms with Gasteiger partial charge in [-0.05, 0) is 17.5 Å². The van der Waals surface area contributed by atoms with Crippen LogP contribution in [0.3, 0.4) is 0 Å². The number of piperazine rings is 1. The smallest absolute Gasteiger partial charge is 0.134 e. The zero-order valence-corrected chi connectivity index (χ0v) is 13.9. The molecule has 0 aliphatic carbocycles. The molecule has 5 heteroatoms. The molecule has 1 aromatic carbocycles. The van der Waals surface area contributed by atoms with E-state index in [1.165, 1.54) is 10.4 Å². The van der Waals surface area contributed by atoms with E-state index in [4.69, 9.17) is 9.47 Å². The summed E-state index contributed by atoms with van der Waals surface area (Å²) < 4.78 is 11.0. The van der Waals surface area contributed by atoms with E-state index in [0.717, 1.165) is 37.7 Å². The van der Waals surface area contributed by atoms with Crippen LogP contribution in [-0.2, 0) is 6.54 Å². The third-order valence-electron chi connectivity index (χ3n) is 4.12. The summed E-state index contributed by atoms with van der Waals surface area (Å²) in [6, 6.07) is 10.7. The number of benzene rings is 1. The normalized spacial score (nSPS) is 19.1. The van der Waals surface area contributed by atoms with Gasteiger partial charge in [-0.1, -0.05) is 18.2 Å². The number of rotatable bonds is 5. The van der Waals surface area contributed by atoms with Crippen LogP contribution in [0.1, 0.15) is 16.5 Å². The van der Waals surface area contributed by atoms with E-state index in [-0.39, 0.29) is 0 Å². The van der Waals surface area contributed by atoms with Crippen LogP contribution in [0.4, 0.5) is 0 Å². The molecule has 4 nitrogen and oxygen atoms in total. The van der Waals surface area contributed by atoms with Gasteiger partial charge in [-0.15, -0.1) is 11.3 Å². The second-order valence-corrected chi connectivity index (χ2v) is 6.35. The van der Waals surface area contributed by atoms with E-state index in [2.05, 4.69) is 27.7 Å². The van der Waals surface area contributed by atoms with Crippen molar-refractivity contribution >= 4 is 11.3 Å². The molecule has 1 N–H and O–H groups in total. The minimum Gasteiger partial charge on any atom is -0.496 e. The first-order valence-electron chi connectivity index (χ1n) is 7.51. The lowest BCUT2D eigenvalue weighted by molar-refractivity contribution is 0.151.